The number of rotatable bonds is 8. The van der Waals surface area contributed by atoms with Crippen molar-refractivity contribution in [1.82, 2.24) is 0 Å². The van der Waals surface area contributed by atoms with Crippen molar-refractivity contribution in [3.63, 3.8) is 0 Å². The van der Waals surface area contributed by atoms with Crippen LogP contribution in [-0.2, 0) is 4.74 Å². The lowest BCUT2D eigenvalue weighted by Crippen LogP contribution is -2.12. The highest BCUT2D eigenvalue weighted by atomic mass is 35.5. The van der Waals surface area contributed by atoms with E-state index in [1.54, 1.807) is 24.3 Å². The maximum atomic E-state index is 11.8. The molecule has 2 aromatic carbocycles. The van der Waals surface area contributed by atoms with Crippen LogP contribution in [-0.4, -0.2) is 42.6 Å². The number of phenolic OH excluding ortho intramolecular Hbond substituents is 1. The van der Waals surface area contributed by atoms with E-state index in [4.69, 9.17) is 30.9 Å². The third kappa shape index (κ3) is 5.33. The van der Waals surface area contributed by atoms with Gasteiger partial charge < -0.3 is 24.4 Å². The molecule has 0 spiro atoms. The number of hydrogen-bond donors (Lipinski definition) is 2. The van der Waals surface area contributed by atoms with Gasteiger partial charge in [0.1, 0.15) is 37.1 Å². The number of halogens is 1. The van der Waals surface area contributed by atoms with Gasteiger partial charge >= 0.3 is 5.97 Å². The van der Waals surface area contributed by atoms with Gasteiger partial charge in [0, 0.05) is 0 Å². The fourth-order valence-electron chi connectivity index (χ4n) is 1.81. The summed E-state index contributed by atoms with van der Waals surface area (Å²) >= 11 is 5.74. The van der Waals surface area contributed by atoms with Crippen LogP contribution in [0.3, 0.4) is 0 Å². The van der Waals surface area contributed by atoms with Crippen LogP contribution in [0.25, 0.3) is 0 Å². The van der Waals surface area contributed by atoms with Crippen LogP contribution in [0.2, 0.25) is 5.02 Å². The molecule has 2 rings (SSSR count). The maximum Gasteiger partial charge on any atom is 0.338 e. The average Bonchev–Trinajstić information content (AvgIpc) is 2.60. The third-order valence-electron chi connectivity index (χ3n) is 2.95. The SMILES string of the molecule is O=C(OCCOc1ccc(OCCO)cc1)c1ccc(O)c(Cl)c1. The van der Waals surface area contributed by atoms with Gasteiger partial charge in [-0.1, -0.05) is 11.6 Å². The molecule has 0 aliphatic carbocycles. The molecule has 0 fully saturated rings. The Morgan fingerprint density at radius 1 is 0.958 bits per heavy atom. The Hall–Kier alpha value is -2.44. The minimum atomic E-state index is -0.548. The van der Waals surface area contributed by atoms with Gasteiger partial charge in [0.05, 0.1) is 17.2 Å². The molecule has 0 saturated heterocycles. The molecule has 24 heavy (non-hydrogen) atoms. The Kier molecular flexibility index (Phi) is 6.72. The lowest BCUT2D eigenvalue weighted by molar-refractivity contribution is 0.0450. The molecule has 6 nitrogen and oxygen atoms in total. The van der Waals surface area contributed by atoms with Crippen LogP contribution in [0.1, 0.15) is 10.4 Å². The molecule has 0 bridgehead atoms. The lowest BCUT2D eigenvalue weighted by Gasteiger charge is -2.09. The number of aromatic hydroxyl groups is 1. The molecule has 0 atom stereocenters. The van der Waals surface area contributed by atoms with Crippen molar-refractivity contribution in [3.05, 3.63) is 53.1 Å². The highest BCUT2D eigenvalue weighted by Crippen LogP contribution is 2.24. The molecular formula is C17H17ClO6. The van der Waals surface area contributed by atoms with Crippen molar-refractivity contribution >= 4 is 17.6 Å². The largest absolute Gasteiger partial charge is 0.506 e. The van der Waals surface area contributed by atoms with E-state index >= 15 is 0 Å². The minimum Gasteiger partial charge on any atom is -0.506 e. The monoisotopic (exact) mass is 352 g/mol. The molecular weight excluding hydrogens is 336 g/mol. The van der Waals surface area contributed by atoms with Gasteiger partial charge in [0.15, 0.2) is 0 Å². The van der Waals surface area contributed by atoms with Gasteiger partial charge in [-0.05, 0) is 42.5 Å². The van der Waals surface area contributed by atoms with Gasteiger partial charge in [-0.15, -0.1) is 0 Å². The van der Waals surface area contributed by atoms with Crippen LogP contribution in [0, 0.1) is 0 Å². The molecule has 0 aliphatic rings. The first-order valence-electron chi connectivity index (χ1n) is 7.22. The van der Waals surface area contributed by atoms with E-state index in [0.717, 1.165) is 0 Å². The van der Waals surface area contributed by atoms with E-state index in [0.29, 0.717) is 11.5 Å². The number of carbonyl (C=O) groups is 1. The molecule has 0 amide bonds. The Bertz CT molecular complexity index is 671. The lowest BCUT2D eigenvalue weighted by atomic mass is 10.2. The Morgan fingerprint density at radius 3 is 2.17 bits per heavy atom. The molecule has 0 heterocycles. The summed E-state index contributed by atoms with van der Waals surface area (Å²) in [7, 11) is 0. The fourth-order valence-corrected chi connectivity index (χ4v) is 1.99. The van der Waals surface area contributed by atoms with Crippen LogP contribution < -0.4 is 9.47 Å². The second-order valence-electron chi connectivity index (χ2n) is 4.69. The number of esters is 1. The maximum absolute atomic E-state index is 11.8. The standard InChI is InChI=1S/C17H17ClO6/c18-15-11-12(1-6-16(15)20)17(21)24-10-9-23-14-4-2-13(3-5-14)22-8-7-19/h1-6,11,19-20H,7-10H2. The molecule has 0 aliphatic heterocycles. The summed E-state index contributed by atoms with van der Waals surface area (Å²) in [6, 6.07) is 11.0. The van der Waals surface area contributed by atoms with E-state index in [-0.39, 0.29) is 42.8 Å². The van der Waals surface area contributed by atoms with Gasteiger partial charge in [0.25, 0.3) is 0 Å². The zero-order chi connectivity index (χ0) is 17.4. The summed E-state index contributed by atoms with van der Waals surface area (Å²) in [6.07, 6.45) is 0. The normalized spacial score (nSPS) is 10.2. The Morgan fingerprint density at radius 2 is 1.58 bits per heavy atom. The second-order valence-corrected chi connectivity index (χ2v) is 5.10. The first-order chi connectivity index (χ1) is 11.6. The first-order valence-corrected chi connectivity index (χ1v) is 7.60. The predicted octanol–water partition coefficient (Wildman–Crippen LogP) is 2.65. The third-order valence-corrected chi connectivity index (χ3v) is 3.26. The van der Waals surface area contributed by atoms with Gasteiger partial charge in [-0.2, -0.15) is 0 Å². The van der Waals surface area contributed by atoms with Crippen LogP contribution in [0.5, 0.6) is 17.2 Å². The summed E-state index contributed by atoms with van der Waals surface area (Å²) in [6.45, 7) is 0.446. The van der Waals surface area contributed by atoms with Gasteiger partial charge in [-0.25, -0.2) is 4.79 Å². The number of carbonyl (C=O) groups excluding carboxylic acids is 1. The highest BCUT2D eigenvalue weighted by molar-refractivity contribution is 6.32. The van der Waals surface area contributed by atoms with Crippen molar-refractivity contribution in [2.75, 3.05) is 26.4 Å². The molecule has 128 valence electrons. The van der Waals surface area contributed by atoms with Crippen LogP contribution in [0.4, 0.5) is 0 Å². The average molecular weight is 353 g/mol. The molecule has 7 heteroatoms. The first kappa shape index (κ1) is 17.9. The molecule has 2 aromatic rings. The van der Waals surface area contributed by atoms with Crippen molar-refractivity contribution in [1.29, 1.82) is 0 Å². The van der Waals surface area contributed by atoms with Gasteiger partial charge in [0.2, 0.25) is 0 Å². The van der Waals surface area contributed by atoms with Crippen molar-refractivity contribution in [2.24, 2.45) is 0 Å². The predicted molar refractivity (Wildman–Crippen MR) is 87.9 cm³/mol. The number of aliphatic hydroxyl groups is 1. The number of hydrogen-bond acceptors (Lipinski definition) is 6. The topological polar surface area (TPSA) is 85.2 Å². The van der Waals surface area contributed by atoms with Crippen molar-refractivity contribution < 1.29 is 29.2 Å². The van der Waals surface area contributed by atoms with E-state index in [2.05, 4.69) is 0 Å². The molecule has 0 saturated carbocycles. The summed E-state index contributed by atoms with van der Waals surface area (Å²) < 4.78 is 15.7. The summed E-state index contributed by atoms with van der Waals surface area (Å²) in [5.41, 5.74) is 0.253. The highest BCUT2D eigenvalue weighted by Gasteiger charge is 2.09. The summed E-state index contributed by atoms with van der Waals surface area (Å²) in [5, 5.41) is 18.1. The number of ether oxygens (including phenoxy) is 3. The van der Waals surface area contributed by atoms with Crippen LogP contribution >= 0.6 is 11.6 Å². The fraction of sp³-hybridized carbons (Fsp3) is 0.235. The molecule has 0 aromatic heterocycles. The van der Waals surface area contributed by atoms with Crippen molar-refractivity contribution in [2.45, 2.75) is 0 Å². The zero-order valence-corrected chi connectivity index (χ0v) is 13.5. The summed E-state index contributed by atoms with van der Waals surface area (Å²) in [4.78, 5) is 11.8. The smallest absolute Gasteiger partial charge is 0.338 e. The summed E-state index contributed by atoms with van der Waals surface area (Å²) in [5.74, 6) is 0.596. The van der Waals surface area contributed by atoms with E-state index in [9.17, 15) is 9.90 Å². The second kappa shape index (κ2) is 9.00. The Labute approximate surface area is 144 Å². The number of benzene rings is 2. The minimum absolute atomic E-state index is 0.0458. The van der Waals surface area contributed by atoms with Crippen LogP contribution in [0.15, 0.2) is 42.5 Å². The zero-order valence-electron chi connectivity index (χ0n) is 12.8. The van der Waals surface area contributed by atoms with Gasteiger partial charge in [-0.3, -0.25) is 0 Å². The Balaban J connectivity index is 1.74. The number of aliphatic hydroxyl groups excluding tert-OH is 1. The molecule has 0 radical (unpaired) electrons. The van der Waals surface area contributed by atoms with Crippen molar-refractivity contribution in [3.8, 4) is 17.2 Å². The molecule has 2 N–H and O–H groups in total. The quantitative estimate of drug-likeness (QED) is 0.561. The van der Waals surface area contributed by atoms with E-state index < -0.39 is 5.97 Å². The van der Waals surface area contributed by atoms with E-state index in [1.807, 2.05) is 0 Å². The number of phenols is 1. The molecule has 0 unspecified atom stereocenters. The van der Waals surface area contributed by atoms with E-state index in [1.165, 1.54) is 18.2 Å².